The highest BCUT2D eigenvalue weighted by Crippen LogP contribution is 2.32. The molecular formula is C27H33N5O2. The Morgan fingerprint density at radius 3 is 2.74 bits per heavy atom. The van der Waals surface area contributed by atoms with Crippen molar-refractivity contribution in [2.24, 2.45) is 5.92 Å². The fourth-order valence-corrected chi connectivity index (χ4v) is 3.68. The zero-order valence-corrected chi connectivity index (χ0v) is 20.6. The van der Waals surface area contributed by atoms with Crippen LogP contribution in [-0.2, 0) is 17.9 Å². The lowest BCUT2D eigenvalue weighted by molar-refractivity contribution is -0.124. The molecule has 0 fully saturated rings. The smallest absolute Gasteiger partial charge is 0.222 e. The van der Waals surface area contributed by atoms with Gasteiger partial charge in [0.1, 0.15) is 17.9 Å². The second kappa shape index (κ2) is 10.8. The molecule has 1 aromatic carbocycles. The van der Waals surface area contributed by atoms with Gasteiger partial charge in [0.05, 0.1) is 11.9 Å². The first-order valence-corrected chi connectivity index (χ1v) is 11.3. The summed E-state index contributed by atoms with van der Waals surface area (Å²) in [5.74, 6) is 0.530. The first-order valence-electron chi connectivity index (χ1n) is 11.3. The standard InChI is InChI=1S/C27H33N5O2/c1-7-9-24(32(5)6)21-12-18(4)31-26-20(21)10-8-11-25(26)34-16-22-19(13-29-15-23(22)28)14-30-27(33)17(2)3/h7-13,15,17H,1,14,16,28H2,2-6H3,(H,30,33)/b24-9-. The number of hydrogen-bond donors (Lipinski definition) is 2. The first-order chi connectivity index (χ1) is 16.2. The lowest BCUT2D eigenvalue weighted by atomic mass is 10.0. The summed E-state index contributed by atoms with van der Waals surface area (Å²) in [6.07, 6.45) is 7.07. The molecule has 0 bridgehead atoms. The number of nitrogens with zero attached hydrogens (tertiary/aromatic N) is 3. The summed E-state index contributed by atoms with van der Waals surface area (Å²) in [6.45, 7) is 10.1. The Morgan fingerprint density at radius 1 is 1.29 bits per heavy atom. The molecule has 0 unspecified atom stereocenters. The second-order valence-electron chi connectivity index (χ2n) is 8.67. The molecule has 0 saturated carbocycles. The van der Waals surface area contributed by atoms with Gasteiger partial charge in [0.15, 0.2) is 0 Å². The molecule has 0 spiro atoms. The normalized spacial score (nSPS) is 11.5. The minimum Gasteiger partial charge on any atom is -0.487 e. The van der Waals surface area contributed by atoms with E-state index in [1.165, 1.54) is 0 Å². The van der Waals surface area contributed by atoms with Crippen LogP contribution in [0, 0.1) is 12.8 Å². The van der Waals surface area contributed by atoms with E-state index in [9.17, 15) is 4.79 Å². The van der Waals surface area contributed by atoms with Crippen LogP contribution in [0.1, 0.15) is 36.2 Å². The van der Waals surface area contributed by atoms with E-state index in [4.69, 9.17) is 15.5 Å². The van der Waals surface area contributed by atoms with Crippen LogP contribution in [0.25, 0.3) is 16.6 Å². The molecule has 7 heteroatoms. The lowest BCUT2D eigenvalue weighted by Crippen LogP contribution is -2.27. The molecule has 0 atom stereocenters. The molecule has 0 aliphatic heterocycles. The third kappa shape index (κ3) is 5.54. The number of ether oxygens (including phenoxy) is 1. The van der Waals surface area contributed by atoms with Gasteiger partial charge >= 0.3 is 0 Å². The molecule has 34 heavy (non-hydrogen) atoms. The summed E-state index contributed by atoms with van der Waals surface area (Å²) in [5, 5.41) is 3.91. The van der Waals surface area contributed by atoms with Gasteiger partial charge in [-0.2, -0.15) is 0 Å². The molecule has 3 rings (SSSR count). The van der Waals surface area contributed by atoms with Crippen LogP contribution in [0.15, 0.2) is 55.4 Å². The predicted octanol–water partition coefficient (Wildman–Crippen LogP) is 4.46. The number of carbonyl (C=O) groups is 1. The number of nitrogen functional groups attached to an aromatic ring is 1. The summed E-state index contributed by atoms with van der Waals surface area (Å²) in [6, 6.07) is 7.97. The zero-order valence-electron chi connectivity index (χ0n) is 20.6. The van der Waals surface area contributed by atoms with E-state index < -0.39 is 0 Å². The maximum absolute atomic E-state index is 12.0. The Bertz CT molecular complexity index is 1230. The molecule has 2 heterocycles. The highest BCUT2D eigenvalue weighted by atomic mass is 16.5. The maximum Gasteiger partial charge on any atom is 0.222 e. The molecule has 3 aromatic rings. The van der Waals surface area contributed by atoms with E-state index in [1.807, 2.05) is 59.1 Å². The predicted molar refractivity (Wildman–Crippen MR) is 138 cm³/mol. The highest BCUT2D eigenvalue weighted by molar-refractivity contribution is 5.94. The molecular weight excluding hydrogens is 426 g/mol. The number of anilines is 1. The van der Waals surface area contributed by atoms with Gasteiger partial charge in [-0.25, -0.2) is 4.98 Å². The van der Waals surface area contributed by atoms with Crippen molar-refractivity contribution in [1.29, 1.82) is 0 Å². The molecule has 0 saturated heterocycles. The number of aryl methyl sites for hydroxylation is 1. The topological polar surface area (TPSA) is 93.4 Å². The van der Waals surface area contributed by atoms with Crippen LogP contribution in [0.3, 0.4) is 0 Å². The number of nitrogens with one attached hydrogen (secondary N) is 1. The van der Waals surface area contributed by atoms with E-state index >= 15 is 0 Å². The van der Waals surface area contributed by atoms with Crippen LogP contribution in [0.4, 0.5) is 5.69 Å². The lowest BCUT2D eigenvalue weighted by Gasteiger charge is -2.20. The van der Waals surface area contributed by atoms with E-state index in [0.717, 1.165) is 39.0 Å². The number of fused-ring (bicyclic) bond motifs is 1. The largest absolute Gasteiger partial charge is 0.487 e. The number of aromatic nitrogens is 2. The number of carbonyl (C=O) groups excluding carboxylic acids is 1. The quantitative estimate of drug-likeness (QED) is 0.459. The summed E-state index contributed by atoms with van der Waals surface area (Å²) in [4.78, 5) is 23.1. The molecule has 0 radical (unpaired) electrons. The Labute approximate surface area is 201 Å². The zero-order chi connectivity index (χ0) is 24.8. The SMILES string of the molecule is C=C/C=C(/c1cc(C)nc2c(OCc3c(N)cncc3CNC(=O)C(C)C)cccc12)N(C)C. The third-order valence-electron chi connectivity index (χ3n) is 5.49. The van der Waals surface area contributed by atoms with Crippen molar-refractivity contribution < 1.29 is 9.53 Å². The monoisotopic (exact) mass is 459 g/mol. The molecule has 0 aliphatic rings. The molecule has 1 amide bonds. The van der Waals surface area contributed by atoms with E-state index in [0.29, 0.717) is 18.0 Å². The summed E-state index contributed by atoms with van der Waals surface area (Å²) in [7, 11) is 4.01. The summed E-state index contributed by atoms with van der Waals surface area (Å²) >= 11 is 0. The second-order valence-corrected chi connectivity index (χ2v) is 8.67. The molecule has 3 N–H and O–H groups in total. The Balaban J connectivity index is 1.96. The number of benzene rings is 1. The van der Waals surface area contributed by atoms with Gasteiger partial charge in [0, 0.05) is 60.7 Å². The Hall–Kier alpha value is -3.87. The Morgan fingerprint density at radius 2 is 2.06 bits per heavy atom. The average molecular weight is 460 g/mol. The minimum atomic E-state index is -0.102. The van der Waals surface area contributed by atoms with Crippen LogP contribution in [0.2, 0.25) is 0 Å². The van der Waals surface area contributed by atoms with Gasteiger partial charge in [0.2, 0.25) is 5.91 Å². The van der Waals surface area contributed by atoms with Gasteiger partial charge in [0.25, 0.3) is 0 Å². The first kappa shape index (κ1) is 24.8. The molecule has 7 nitrogen and oxygen atoms in total. The fraction of sp³-hybridized carbons (Fsp3) is 0.296. The number of allylic oxidation sites excluding steroid dienone is 2. The van der Waals surface area contributed by atoms with Gasteiger partial charge in [-0.3, -0.25) is 9.78 Å². The number of nitrogens with two attached hydrogens (primary N) is 1. The van der Waals surface area contributed by atoms with Crippen LogP contribution in [-0.4, -0.2) is 34.9 Å². The van der Waals surface area contributed by atoms with Gasteiger partial charge in [-0.1, -0.05) is 38.6 Å². The van der Waals surface area contributed by atoms with E-state index in [1.54, 1.807) is 18.5 Å². The van der Waals surface area contributed by atoms with Crippen LogP contribution in [0.5, 0.6) is 5.75 Å². The summed E-state index contributed by atoms with van der Waals surface area (Å²) < 4.78 is 6.26. The van der Waals surface area contributed by atoms with Crippen molar-refractivity contribution in [2.45, 2.75) is 33.9 Å². The fourth-order valence-electron chi connectivity index (χ4n) is 3.68. The van der Waals surface area contributed by atoms with Crippen LogP contribution >= 0.6 is 0 Å². The van der Waals surface area contributed by atoms with Crippen LogP contribution < -0.4 is 15.8 Å². The third-order valence-corrected chi connectivity index (χ3v) is 5.49. The number of rotatable bonds is 9. The molecule has 2 aromatic heterocycles. The minimum absolute atomic E-state index is 0.0279. The number of amides is 1. The van der Waals surface area contributed by atoms with E-state index in [-0.39, 0.29) is 18.4 Å². The average Bonchev–Trinajstić information content (AvgIpc) is 2.79. The summed E-state index contributed by atoms with van der Waals surface area (Å²) in [5.41, 5.74) is 12.1. The van der Waals surface area contributed by atoms with Gasteiger partial charge in [-0.15, -0.1) is 0 Å². The maximum atomic E-state index is 12.0. The van der Waals surface area contributed by atoms with Crippen molar-refractivity contribution in [3.8, 4) is 5.75 Å². The van der Waals surface area contributed by atoms with Gasteiger partial charge < -0.3 is 20.7 Å². The van der Waals surface area contributed by atoms with Crippen molar-refractivity contribution >= 4 is 28.2 Å². The highest BCUT2D eigenvalue weighted by Gasteiger charge is 2.15. The Kier molecular flexibility index (Phi) is 7.89. The van der Waals surface area contributed by atoms with Crippen molar-refractivity contribution in [2.75, 3.05) is 19.8 Å². The number of pyridine rings is 2. The van der Waals surface area contributed by atoms with Gasteiger partial charge in [-0.05, 0) is 30.7 Å². The number of para-hydroxylation sites is 1. The molecule has 0 aliphatic carbocycles. The van der Waals surface area contributed by atoms with Crippen molar-refractivity contribution in [1.82, 2.24) is 20.2 Å². The van der Waals surface area contributed by atoms with Crippen molar-refractivity contribution in [3.05, 3.63) is 77.8 Å². The molecule has 178 valence electrons. The number of hydrogen-bond acceptors (Lipinski definition) is 6. The van der Waals surface area contributed by atoms with E-state index in [2.05, 4.69) is 27.8 Å². The van der Waals surface area contributed by atoms with Crippen molar-refractivity contribution in [3.63, 3.8) is 0 Å².